The topological polar surface area (TPSA) is 105 Å². The van der Waals surface area contributed by atoms with E-state index in [-0.39, 0.29) is 31.8 Å². The van der Waals surface area contributed by atoms with E-state index >= 15 is 0 Å². The maximum absolute atomic E-state index is 12.8. The normalized spacial score (nSPS) is 13.2. The quantitative estimate of drug-likeness (QED) is 0.508. The Kier molecular flexibility index (Phi) is 7.39. The fourth-order valence-electron chi connectivity index (χ4n) is 4.22. The van der Waals surface area contributed by atoms with Crippen molar-refractivity contribution in [3.63, 3.8) is 0 Å². The molecule has 3 rings (SSSR count). The number of amides is 2. The molecule has 7 nitrogen and oxygen atoms in total. The summed E-state index contributed by atoms with van der Waals surface area (Å²) in [7, 11) is 0. The number of fused-ring (bicyclic) bond motifs is 3. The van der Waals surface area contributed by atoms with E-state index in [0.717, 1.165) is 22.3 Å². The maximum atomic E-state index is 12.8. The molecule has 33 heavy (non-hydrogen) atoms. The zero-order chi connectivity index (χ0) is 24.0. The zero-order valence-electron chi connectivity index (χ0n) is 18.8. The number of hydrogen-bond acceptors (Lipinski definition) is 4. The van der Waals surface area contributed by atoms with Crippen molar-refractivity contribution in [2.75, 3.05) is 6.61 Å². The minimum absolute atomic E-state index is 0.0905. The van der Waals surface area contributed by atoms with Crippen LogP contribution in [-0.2, 0) is 14.3 Å². The standard InChI is InChI=1S/C26H28N2O5/c1-4-11-22(23(29)28-26(5-2,6-3)24(30)31)27-25(32)33-16-21-19-14-9-7-12-17(19)18-13-8-10-15-20(18)21/h1,7-10,12-15,21-22H,5-6,11,16H2,2-3H3,(H,27,32)(H,28,29)(H,30,31). The number of terminal acetylenes is 1. The molecule has 2 aromatic rings. The minimum atomic E-state index is -1.42. The van der Waals surface area contributed by atoms with Crippen molar-refractivity contribution < 1.29 is 24.2 Å². The number of carbonyl (C=O) groups excluding carboxylic acids is 2. The van der Waals surface area contributed by atoms with Gasteiger partial charge < -0.3 is 20.5 Å². The van der Waals surface area contributed by atoms with Crippen LogP contribution in [0.3, 0.4) is 0 Å². The van der Waals surface area contributed by atoms with Gasteiger partial charge >= 0.3 is 12.1 Å². The van der Waals surface area contributed by atoms with E-state index < -0.39 is 29.6 Å². The predicted molar refractivity (Wildman–Crippen MR) is 125 cm³/mol. The van der Waals surface area contributed by atoms with Crippen molar-refractivity contribution in [1.82, 2.24) is 10.6 Å². The Morgan fingerprint density at radius 2 is 1.61 bits per heavy atom. The van der Waals surface area contributed by atoms with Gasteiger partial charge in [-0.1, -0.05) is 62.4 Å². The van der Waals surface area contributed by atoms with Gasteiger partial charge in [0.2, 0.25) is 5.91 Å². The molecule has 0 bridgehead atoms. The average molecular weight is 449 g/mol. The molecule has 0 aromatic heterocycles. The fourth-order valence-corrected chi connectivity index (χ4v) is 4.22. The van der Waals surface area contributed by atoms with E-state index in [0.29, 0.717) is 0 Å². The van der Waals surface area contributed by atoms with Crippen molar-refractivity contribution in [3.8, 4) is 23.5 Å². The number of alkyl carbamates (subject to hydrolysis) is 1. The summed E-state index contributed by atoms with van der Waals surface area (Å²) >= 11 is 0. The first kappa shape index (κ1) is 23.9. The van der Waals surface area contributed by atoms with Crippen LogP contribution in [0, 0.1) is 12.3 Å². The fraction of sp³-hybridized carbons (Fsp3) is 0.346. The maximum Gasteiger partial charge on any atom is 0.407 e. The summed E-state index contributed by atoms with van der Waals surface area (Å²) in [5, 5.41) is 14.6. The summed E-state index contributed by atoms with van der Waals surface area (Å²) in [6.45, 7) is 3.44. The van der Waals surface area contributed by atoms with E-state index in [1.165, 1.54) is 0 Å². The van der Waals surface area contributed by atoms with E-state index in [9.17, 15) is 19.5 Å². The first-order valence-electron chi connectivity index (χ1n) is 11.0. The highest BCUT2D eigenvalue weighted by Crippen LogP contribution is 2.44. The molecular weight excluding hydrogens is 420 g/mol. The van der Waals surface area contributed by atoms with Gasteiger partial charge in [-0.15, -0.1) is 12.3 Å². The van der Waals surface area contributed by atoms with Crippen LogP contribution >= 0.6 is 0 Å². The number of carbonyl (C=O) groups is 3. The number of rotatable bonds is 9. The number of carboxylic acids is 1. The van der Waals surface area contributed by atoms with Gasteiger partial charge in [0, 0.05) is 12.3 Å². The zero-order valence-corrected chi connectivity index (χ0v) is 18.8. The van der Waals surface area contributed by atoms with Gasteiger partial charge in [-0.05, 0) is 35.1 Å². The first-order valence-corrected chi connectivity index (χ1v) is 11.0. The van der Waals surface area contributed by atoms with E-state index in [1.807, 2.05) is 48.5 Å². The molecule has 3 N–H and O–H groups in total. The van der Waals surface area contributed by atoms with Gasteiger partial charge in [-0.25, -0.2) is 9.59 Å². The lowest BCUT2D eigenvalue weighted by Gasteiger charge is -2.30. The summed E-state index contributed by atoms with van der Waals surface area (Å²) in [4.78, 5) is 37.0. The number of benzene rings is 2. The number of aliphatic carboxylic acids is 1. The molecule has 0 saturated carbocycles. The molecule has 0 aliphatic heterocycles. The molecule has 0 spiro atoms. The Labute approximate surface area is 193 Å². The Hall–Kier alpha value is -3.79. The number of hydrogen-bond donors (Lipinski definition) is 3. The molecule has 1 aliphatic carbocycles. The molecule has 1 atom stereocenters. The van der Waals surface area contributed by atoms with Crippen LogP contribution in [0.5, 0.6) is 0 Å². The molecule has 0 heterocycles. The van der Waals surface area contributed by atoms with Gasteiger partial charge in [0.15, 0.2) is 0 Å². The second-order valence-electron chi connectivity index (χ2n) is 8.01. The predicted octanol–water partition coefficient (Wildman–Crippen LogP) is 3.68. The summed E-state index contributed by atoms with van der Waals surface area (Å²) in [6, 6.07) is 14.8. The Bertz CT molecular complexity index is 1040. The summed E-state index contributed by atoms with van der Waals surface area (Å²) < 4.78 is 5.48. The van der Waals surface area contributed by atoms with Crippen LogP contribution in [0.4, 0.5) is 4.79 Å². The van der Waals surface area contributed by atoms with Crippen LogP contribution < -0.4 is 10.6 Å². The Balaban J connectivity index is 1.68. The Morgan fingerprint density at radius 1 is 1.06 bits per heavy atom. The van der Waals surface area contributed by atoms with Gasteiger partial charge in [0.05, 0.1) is 0 Å². The van der Waals surface area contributed by atoms with Crippen molar-refractivity contribution >= 4 is 18.0 Å². The van der Waals surface area contributed by atoms with Gasteiger partial charge in [0.1, 0.15) is 18.2 Å². The summed E-state index contributed by atoms with van der Waals surface area (Å²) in [5.41, 5.74) is 2.93. The second kappa shape index (κ2) is 10.2. The molecule has 172 valence electrons. The van der Waals surface area contributed by atoms with Crippen molar-refractivity contribution in [3.05, 3.63) is 59.7 Å². The van der Waals surface area contributed by atoms with E-state index in [1.54, 1.807) is 13.8 Å². The van der Waals surface area contributed by atoms with Crippen LogP contribution in [0.15, 0.2) is 48.5 Å². The largest absolute Gasteiger partial charge is 0.480 e. The molecule has 1 unspecified atom stereocenters. The molecule has 0 saturated heterocycles. The molecule has 0 radical (unpaired) electrons. The van der Waals surface area contributed by atoms with Crippen molar-refractivity contribution in [2.24, 2.45) is 0 Å². The molecule has 2 aromatic carbocycles. The molecule has 0 fully saturated rings. The average Bonchev–Trinajstić information content (AvgIpc) is 3.14. The van der Waals surface area contributed by atoms with Gasteiger partial charge in [-0.3, -0.25) is 4.79 Å². The lowest BCUT2D eigenvalue weighted by molar-refractivity contribution is -0.148. The van der Waals surface area contributed by atoms with E-state index in [2.05, 4.69) is 16.6 Å². The van der Waals surface area contributed by atoms with Gasteiger partial charge in [0.25, 0.3) is 0 Å². The van der Waals surface area contributed by atoms with Crippen LogP contribution in [0.25, 0.3) is 11.1 Å². The highest BCUT2D eigenvalue weighted by Gasteiger charge is 2.38. The highest BCUT2D eigenvalue weighted by atomic mass is 16.5. The monoisotopic (exact) mass is 448 g/mol. The Morgan fingerprint density at radius 3 is 2.09 bits per heavy atom. The lowest BCUT2D eigenvalue weighted by atomic mass is 9.92. The highest BCUT2D eigenvalue weighted by molar-refractivity contribution is 5.91. The summed E-state index contributed by atoms with van der Waals surface area (Å²) in [6.07, 6.45) is 4.87. The molecule has 1 aliphatic rings. The van der Waals surface area contributed by atoms with Crippen LogP contribution in [-0.4, -0.2) is 41.3 Å². The molecule has 2 amide bonds. The molecular formula is C26H28N2O5. The van der Waals surface area contributed by atoms with Crippen molar-refractivity contribution in [2.45, 2.75) is 50.6 Å². The first-order chi connectivity index (χ1) is 15.9. The smallest absolute Gasteiger partial charge is 0.407 e. The van der Waals surface area contributed by atoms with Crippen LogP contribution in [0.2, 0.25) is 0 Å². The third-order valence-electron chi connectivity index (χ3n) is 6.25. The number of nitrogens with one attached hydrogen (secondary N) is 2. The number of ether oxygens (including phenoxy) is 1. The third kappa shape index (κ3) is 4.85. The third-order valence-corrected chi connectivity index (χ3v) is 6.25. The summed E-state index contributed by atoms with van der Waals surface area (Å²) in [5.74, 6) is 0.430. The van der Waals surface area contributed by atoms with Crippen molar-refractivity contribution in [1.29, 1.82) is 0 Å². The SMILES string of the molecule is C#CCC(NC(=O)OCC1c2ccccc2-c2ccccc21)C(=O)NC(CC)(CC)C(=O)O. The lowest BCUT2D eigenvalue weighted by Crippen LogP contribution is -2.58. The second-order valence-corrected chi connectivity index (χ2v) is 8.01. The van der Waals surface area contributed by atoms with Crippen LogP contribution in [0.1, 0.15) is 50.2 Å². The molecule has 7 heteroatoms. The van der Waals surface area contributed by atoms with E-state index in [4.69, 9.17) is 11.2 Å². The van der Waals surface area contributed by atoms with Gasteiger partial charge in [-0.2, -0.15) is 0 Å². The minimum Gasteiger partial charge on any atom is -0.480 e. The number of carboxylic acid groups (broad SMARTS) is 1.